The third kappa shape index (κ3) is 6.20. The van der Waals surface area contributed by atoms with Crippen LogP contribution in [-0.2, 0) is 9.09 Å². The van der Waals surface area contributed by atoms with Gasteiger partial charge in [0.1, 0.15) is 5.75 Å². The fourth-order valence-electron chi connectivity index (χ4n) is 1.47. The second-order valence-corrected chi connectivity index (χ2v) is 5.64. The summed E-state index contributed by atoms with van der Waals surface area (Å²) in [6, 6.07) is 6.93. The molecule has 1 N–H and O–H groups in total. The number of benzene rings is 1. The molecule has 102 valence electrons. The fraction of sp³-hybridized carbons (Fsp3) is 0.538. The first kappa shape index (κ1) is 15.2. The first-order chi connectivity index (χ1) is 8.53. The quantitative estimate of drug-likeness (QED) is 0.572. The maximum atomic E-state index is 11.6. The van der Waals surface area contributed by atoms with E-state index in [4.69, 9.17) is 9.05 Å². The molecule has 0 amide bonds. The van der Waals surface area contributed by atoms with E-state index < -0.39 is 7.82 Å². The Morgan fingerprint density at radius 1 is 1.17 bits per heavy atom. The lowest BCUT2D eigenvalue weighted by atomic mass is 10.2. The highest BCUT2D eigenvalue weighted by Crippen LogP contribution is 2.43. The maximum Gasteiger partial charge on any atom is 0.527 e. The van der Waals surface area contributed by atoms with E-state index in [0.717, 1.165) is 31.2 Å². The van der Waals surface area contributed by atoms with E-state index in [-0.39, 0.29) is 6.61 Å². The Morgan fingerprint density at radius 3 is 2.44 bits per heavy atom. The Hall–Kier alpha value is -0.830. The lowest BCUT2D eigenvalue weighted by Crippen LogP contribution is -1.99. The van der Waals surface area contributed by atoms with Crippen molar-refractivity contribution in [2.75, 3.05) is 6.61 Å². The van der Waals surface area contributed by atoms with Crippen LogP contribution in [0.2, 0.25) is 0 Å². The van der Waals surface area contributed by atoms with E-state index in [1.807, 2.05) is 19.1 Å². The first-order valence-electron chi connectivity index (χ1n) is 6.27. The SMILES string of the molecule is CCCCCCOP(=O)(O)Oc1ccc(C)cc1. The summed E-state index contributed by atoms with van der Waals surface area (Å²) in [6.45, 7) is 4.30. The average Bonchev–Trinajstić information content (AvgIpc) is 2.31. The van der Waals surface area contributed by atoms with E-state index in [2.05, 4.69) is 6.92 Å². The normalized spacial score (nSPS) is 14.2. The monoisotopic (exact) mass is 272 g/mol. The van der Waals surface area contributed by atoms with Crippen LogP contribution in [0.25, 0.3) is 0 Å². The summed E-state index contributed by atoms with van der Waals surface area (Å²) in [4.78, 5) is 9.50. The molecule has 0 saturated heterocycles. The summed E-state index contributed by atoms with van der Waals surface area (Å²) in [5.41, 5.74) is 1.07. The fourth-order valence-corrected chi connectivity index (χ4v) is 2.27. The highest BCUT2D eigenvalue weighted by molar-refractivity contribution is 7.47. The van der Waals surface area contributed by atoms with Crippen LogP contribution in [0.15, 0.2) is 24.3 Å². The molecule has 0 saturated carbocycles. The smallest absolute Gasteiger partial charge is 0.404 e. The van der Waals surface area contributed by atoms with E-state index in [1.54, 1.807) is 12.1 Å². The third-order valence-electron chi connectivity index (χ3n) is 2.49. The molecule has 0 aromatic heterocycles. The summed E-state index contributed by atoms with van der Waals surface area (Å²) in [5.74, 6) is 0.347. The Kier molecular flexibility index (Phi) is 6.41. The highest BCUT2D eigenvalue weighted by Gasteiger charge is 2.22. The van der Waals surface area contributed by atoms with Crippen molar-refractivity contribution in [1.29, 1.82) is 0 Å². The molecule has 0 heterocycles. The third-order valence-corrected chi connectivity index (χ3v) is 3.44. The minimum absolute atomic E-state index is 0.250. The molecule has 0 bridgehead atoms. The van der Waals surface area contributed by atoms with Gasteiger partial charge in [0.25, 0.3) is 0 Å². The minimum atomic E-state index is -3.98. The van der Waals surface area contributed by atoms with Crippen molar-refractivity contribution in [3.05, 3.63) is 29.8 Å². The van der Waals surface area contributed by atoms with Gasteiger partial charge in [0.2, 0.25) is 0 Å². The van der Waals surface area contributed by atoms with Gasteiger partial charge < -0.3 is 4.52 Å². The van der Waals surface area contributed by atoms with Crippen molar-refractivity contribution < 1.29 is 18.5 Å². The molecule has 0 aliphatic heterocycles. The van der Waals surface area contributed by atoms with Gasteiger partial charge in [-0.3, -0.25) is 9.42 Å². The van der Waals surface area contributed by atoms with Gasteiger partial charge in [0, 0.05) is 0 Å². The van der Waals surface area contributed by atoms with Gasteiger partial charge in [0.15, 0.2) is 0 Å². The number of hydrogen-bond acceptors (Lipinski definition) is 3. The summed E-state index contributed by atoms with van der Waals surface area (Å²) in [6.07, 6.45) is 4.01. The molecule has 0 spiro atoms. The van der Waals surface area contributed by atoms with Gasteiger partial charge in [-0.2, -0.15) is 0 Å². The largest absolute Gasteiger partial charge is 0.527 e. The van der Waals surface area contributed by atoms with Crippen molar-refractivity contribution in [2.45, 2.75) is 39.5 Å². The molecule has 0 radical (unpaired) electrons. The molecule has 1 unspecified atom stereocenters. The van der Waals surface area contributed by atoms with Gasteiger partial charge in [-0.05, 0) is 25.5 Å². The van der Waals surface area contributed by atoms with E-state index in [9.17, 15) is 9.46 Å². The molecule has 1 rings (SSSR count). The molecule has 0 aliphatic rings. The van der Waals surface area contributed by atoms with Crippen LogP contribution in [0.1, 0.15) is 38.2 Å². The van der Waals surface area contributed by atoms with Crippen LogP contribution in [0, 0.1) is 6.92 Å². The molecular weight excluding hydrogens is 251 g/mol. The zero-order chi connectivity index (χ0) is 13.4. The topological polar surface area (TPSA) is 55.8 Å². The van der Waals surface area contributed by atoms with Crippen LogP contribution >= 0.6 is 7.82 Å². The Labute approximate surface area is 109 Å². The highest BCUT2D eigenvalue weighted by atomic mass is 31.2. The molecular formula is C13H21O4P. The molecule has 18 heavy (non-hydrogen) atoms. The summed E-state index contributed by atoms with van der Waals surface area (Å²) >= 11 is 0. The van der Waals surface area contributed by atoms with E-state index >= 15 is 0 Å². The number of unbranched alkanes of at least 4 members (excludes halogenated alkanes) is 3. The van der Waals surface area contributed by atoms with Crippen molar-refractivity contribution in [2.24, 2.45) is 0 Å². The number of phosphoric acid groups is 1. The Balaban J connectivity index is 2.35. The van der Waals surface area contributed by atoms with Gasteiger partial charge in [-0.15, -0.1) is 0 Å². The van der Waals surface area contributed by atoms with Crippen LogP contribution in [0.3, 0.4) is 0 Å². The van der Waals surface area contributed by atoms with Gasteiger partial charge in [-0.25, -0.2) is 4.57 Å². The standard InChI is InChI=1S/C13H21O4P/c1-3-4-5-6-11-16-18(14,15)17-13-9-7-12(2)8-10-13/h7-10H,3-6,11H2,1-2H3,(H,14,15). The van der Waals surface area contributed by atoms with E-state index in [1.165, 1.54) is 0 Å². The van der Waals surface area contributed by atoms with Crippen molar-refractivity contribution in [1.82, 2.24) is 0 Å². The van der Waals surface area contributed by atoms with Gasteiger partial charge in [0.05, 0.1) is 6.61 Å². The summed E-state index contributed by atoms with van der Waals surface area (Å²) < 4.78 is 21.5. The lowest BCUT2D eigenvalue weighted by Gasteiger charge is -2.13. The summed E-state index contributed by atoms with van der Waals surface area (Å²) in [5, 5.41) is 0. The molecule has 1 aromatic carbocycles. The lowest BCUT2D eigenvalue weighted by molar-refractivity contribution is 0.199. The van der Waals surface area contributed by atoms with Crippen molar-refractivity contribution in [3.8, 4) is 5.75 Å². The van der Waals surface area contributed by atoms with Crippen LogP contribution < -0.4 is 4.52 Å². The second-order valence-electron chi connectivity index (χ2n) is 4.27. The average molecular weight is 272 g/mol. The van der Waals surface area contributed by atoms with Crippen LogP contribution in [0.4, 0.5) is 0 Å². The molecule has 5 heteroatoms. The molecule has 1 atom stereocenters. The minimum Gasteiger partial charge on any atom is -0.404 e. The Morgan fingerprint density at radius 2 is 1.83 bits per heavy atom. The number of rotatable bonds is 8. The predicted octanol–water partition coefficient (Wildman–Crippen LogP) is 4.07. The maximum absolute atomic E-state index is 11.6. The zero-order valence-electron chi connectivity index (χ0n) is 11.0. The molecule has 0 fully saturated rings. The van der Waals surface area contributed by atoms with Gasteiger partial charge >= 0.3 is 7.82 Å². The summed E-state index contributed by atoms with van der Waals surface area (Å²) in [7, 11) is -3.98. The van der Waals surface area contributed by atoms with E-state index in [0.29, 0.717) is 5.75 Å². The molecule has 0 aliphatic carbocycles. The van der Waals surface area contributed by atoms with Crippen molar-refractivity contribution in [3.63, 3.8) is 0 Å². The molecule has 1 aromatic rings. The van der Waals surface area contributed by atoms with Crippen molar-refractivity contribution >= 4 is 7.82 Å². The number of hydrogen-bond donors (Lipinski definition) is 1. The Bertz CT molecular complexity index is 388. The van der Waals surface area contributed by atoms with Crippen LogP contribution in [-0.4, -0.2) is 11.5 Å². The first-order valence-corrected chi connectivity index (χ1v) is 7.76. The predicted molar refractivity (Wildman–Crippen MR) is 71.7 cm³/mol. The number of phosphoric ester groups is 1. The van der Waals surface area contributed by atoms with Crippen LogP contribution in [0.5, 0.6) is 5.75 Å². The second kappa shape index (κ2) is 7.57. The van der Waals surface area contributed by atoms with Gasteiger partial charge in [-0.1, -0.05) is 43.9 Å². The molecule has 4 nitrogen and oxygen atoms in total. The zero-order valence-corrected chi connectivity index (χ0v) is 11.9. The number of aryl methyl sites for hydroxylation is 1.